The van der Waals surface area contributed by atoms with Gasteiger partial charge < -0.3 is 8.98 Å². The van der Waals surface area contributed by atoms with Gasteiger partial charge >= 0.3 is 0 Å². The van der Waals surface area contributed by atoms with E-state index in [9.17, 15) is 0 Å². The summed E-state index contributed by atoms with van der Waals surface area (Å²) in [5.74, 6) is 2.02. The molecule has 0 fully saturated rings. The standard InChI is InChI=1S/C13H11BrN4O/c1-9-15-6-7-18(9)8-12-16-17-13(19-12)10-2-4-11(14)5-3-10/h2-7H,8H2,1H3. The topological polar surface area (TPSA) is 56.7 Å². The second-order valence-electron chi connectivity index (χ2n) is 4.11. The highest BCUT2D eigenvalue weighted by molar-refractivity contribution is 9.10. The number of rotatable bonds is 3. The van der Waals surface area contributed by atoms with Gasteiger partial charge in [0.25, 0.3) is 0 Å². The van der Waals surface area contributed by atoms with E-state index < -0.39 is 0 Å². The van der Waals surface area contributed by atoms with Crippen LogP contribution in [0.3, 0.4) is 0 Å². The maximum Gasteiger partial charge on any atom is 0.247 e. The van der Waals surface area contributed by atoms with Crippen molar-refractivity contribution in [1.29, 1.82) is 0 Å². The molecule has 96 valence electrons. The molecule has 0 unspecified atom stereocenters. The molecule has 2 heterocycles. The van der Waals surface area contributed by atoms with Crippen molar-refractivity contribution >= 4 is 15.9 Å². The van der Waals surface area contributed by atoms with Crippen LogP contribution in [-0.4, -0.2) is 19.7 Å². The second kappa shape index (κ2) is 4.97. The van der Waals surface area contributed by atoms with E-state index >= 15 is 0 Å². The van der Waals surface area contributed by atoms with Crippen LogP contribution in [0.1, 0.15) is 11.7 Å². The third-order valence-corrected chi connectivity index (χ3v) is 3.32. The number of hydrogen-bond donors (Lipinski definition) is 0. The van der Waals surface area contributed by atoms with Gasteiger partial charge in [0.1, 0.15) is 12.4 Å². The van der Waals surface area contributed by atoms with E-state index in [2.05, 4.69) is 31.1 Å². The number of halogens is 1. The number of imidazole rings is 1. The summed E-state index contributed by atoms with van der Waals surface area (Å²) < 4.78 is 8.63. The SMILES string of the molecule is Cc1nccn1Cc1nnc(-c2ccc(Br)cc2)o1. The van der Waals surface area contributed by atoms with Gasteiger partial charge in [-0.3, -0.25) is 0 Å². The highest BCUT2D eigenvalue weighted by Crippen LogP contribution is 2.20. The van der Waals surface area contributed by atoms with E-state index in [0.717, 1.165) is 15.9 Å². The van der Waals surface area contributed by atoms with Gasteiger partial charge in [-0.1, -0.05) is 15.9 Å². The van der Waals surface area contributed by atoms with Gasteiger partial charge in [0.15, 0.2) is 0 Å². The first kappa shape index (κ1) is 12.1. The lowest BCUT2D eigenvalue weighted by Gasteiger charge is -1.99. The van der Waals surface area contributed by atoms with E-state index in [-0.39, 0.29) is 0 Å². The Balaban J connectivity index is 1.83. The van der Waals surface area contributed by atoms with Gasteiger partial charge in [-0.25, -0.2) is 4.98 Å². The van der Waals surface area contributed by atoms with Crippen LogP contribution < -0.4 is 0 Å². The summed E-state index contributed by atoms with van der Waals surface area (Å²) in [7, 11) is 0. The molecule has 0 aliphatic carbocycles. The quantitative estimate of drug-likeness (QED) is 0.744. The van der Waals surface area contributed by atoms with E-state index in [4.69, 9.17) is 4.42 Å². The van der Waals surface area contributed by atoms with Crippen LogP contribution in [-0.2, 0) is 6.54 Å². The first-order valence-corrected chi connectivity index (χ1v) is 6.58. The fourth-order valence-electron chi connectivity index (χ4n) is 1.74. The molecule has 3 aromatic rings. The maximum atomic E-state index is 5.65. The minimum atomic E-state index is 0.528. The molecular formula is C13H11BrN4O. The number of nitrogens with zero attached hydrogens (tertiary/aromatic N) is 4. The molecular weight excluding hydrogens is 308 g/mol. The Bertz CT molecular complexity index is 687. The number of hydrogen-bond acceptors (Lipinski definition) is 4. The van der Waals surface area contributed by atoms with Crippen molar-refractivity contribution in [3.05, 3.63) is 52.8 Å². The van der Waals surface area contributed by atoms with Crippen LogP contribution >= 0.6 is 15.9 Å². The predicted molar refractivity (Wildman–Crippen MR) is 73.5 cm³/mol. The van der Waals surface area contributed by atoms with Crippen LogP contribution in [0.5, 0.6) is 0 Å². The highest BCUT2D eigenvalue weighted by Gasteiger charge is 2.09. The van der Waals surface area contributed by atoms with Crippen molar-refractivity contribution in [3.8, 4) is 11.5 Å². The van der Waals surface area contributed by atoms with E-state index in [1.54, 1.807) is 6.20 Å². The third kappa shape index (κ3) is 2.58. The van der Waals surface area contributed by atoms with Gasteiger partial charge in [0.05, 0.1) is 0 Å². The molecule has 5 nitrogen and oxygen atoms in total. The van der Waals surface area contributed by atoms with Crippen molar-refractivity contribution in [1.82, 2.24) is 19.7 Å². The molecule has 2 aromatic heterocycles. The lowest BCUT2D eigenvalue weighted by atomic mass is 10.2. The Morgan fingerprint density at radius 1 is 1.21 bits per heavy atom. The van der Waals surface area contributed by atoms with Gasteiger partial charge in [-0.15, -0.1) is 10.2 Å². The number of aromatic nitrogens is 4. The molecule has 0 radical (unpaired) electrons. The van der Waals surface area contributed by atoms with Crippen LogP contribution in [0.15, 0.2) is 45.5 Å². The van der Waals surface area contributed by atoms with Gasteiger partial charge in [0, 0.05) is 22.4 Å². The molecule has 3 rings (SSSR count). The van der Waals surface area contributed by atoms with Crippen molar-refractivity contribution in [2.75, 3.05) is 0 Å². The van der Waals surface area contributed by atoms with Crippen molar-refractivity contribution in [2.24, 2.45) is 0 Å². The fraction of sp³-hybridized carbons (Fsp3) is 0.154. The molecule has 0 N–H and O–H groups in total. The molecule has 0 amide bonds. The van der Waals surface area contributed by atoms with Gasteiger partial charge in [0.2, 0.25) is 11.8 Å². The Morgan fingerprint density at radius 3 is 2.68 bits per heavy atom. The molecule has 19 heavy (non-hydrogen) atoms. The largest absolute Gasteiger partial charge is 0.419 e. The van der Waals surface area contributed by atoms with Crippen LogP contribution in [0, 0.1) is 6.92 Å². The number of benzene rings is 1. The highest BCUT2D eigenvalue weighted by atomic mass is 79.9. The van der Waals surface area contributed by atoms with E-state index in [0.29, 0.717) is 18.3 Å². The molecule has 0 saturated carbocycles. The second-order valence-corrected chi connectivity index (χ2v) is 5.03. The van der Waals surface area contributed by atoms with Gasteiger partial charge in [-0.2, -0.15) is 0 Å². The third-order valence-electron chi connectivity index (χ3n) is 2.79. The zero-order valence-corrected chi connectivity index (χ0v) is 11.8. The Labute approximate surface area is 118 Å². The average molecular weight is 319 g/mol. The Kier molecular flexibility index (Phi) is 3.16. The molecule has 0 atom stereocenters. The zero-order chi connectivity index (χ0) is 13.2. The summed E-state index contributed by atoms with van der Waals surface area (Å²) in [5.41, 5.74) is 0.907. The normalized spacial score (nSPS) is 10.8. The van der Waals surface area contributed by atoms with Crippen LogP contribution in [0.25, 0.3) is 11.5 Å². The fourth-order valence-corrected chi connectivity index (χ4v) is 2.01. The molecule has 0 aliphatic heterocycles. The van der Waals surface area contributed by atoms with E-state index in [1.807, 2.05) is 42.0 Å². The molecule has 6 heteroatoms. The molecule has 1 aromatic carbocycles. The number of aryl methyl sites for hydroxylation is 1. The summed E-state index contributed by atoms with van der Waals surface area (Å²) >= 11 is 3.39. The molecule has 0 saturated heterocycles. The first-order chi connectivity index (χ1) is 9.22. The Hall–Kier alpha value is -1.95. The Morgan fingerprint density at radius 2 is 2.00 bits per heavy atom. The lowest BCUT2D eigenvalue weighted by Crippen LogP contribution is -2.00. The summed E-state index contributed by atoms with van der Waals surface area (Å²) in [5, 5.41) is 8.11. The monoisotopic (exact) mass is 318 g/mol. The summed E-state index contributed by atoms with van der Waals surface area (Å²) in [6.07, 6.45) is 3.64. The summed E-state index contributed by atoms with van der Waals surface area (Å²) in [4.78, 5) is 4.16. The smallest absolute Gasteiger partial charge is 0.247 e. The van der Waals surface area contributed by atoms with Crippen LogP contribution in [0.2, 0.25) is 0 Å². The average Bonchev–Trinajstić information content (AvgIpc) is 3.01. The minimum Gasteiger partial charge on any atom is -0.419 e. The van der Waals surface area contributed by atoms with Crippen molar-refractivity contribution in [2.45, 2.75) is 13.5 Å². The molecule has 0 spiro atoms. The predicted octanol–water partition coefficient (Wildman–Crippen LogP) is 3.05. The van der Waals surface area contributed by atoms with Crippen molar-refractivity contribution < 1.29 is 4.42 Å². The summed E-state index contributed by atoms with van der Waals surface area (Å²) in [6, 6.07) is 7.76. The lowest BCUT2D eigenvalue weighted by molar-refractivity contribution is 0.485. The minimum absolute atomic E-state index is 0.528. The van der Waals surface area contributed by atoms with Gasteiger partial charge in [-0.05, 0) is 31.2 Å². The molecule has 0 aliphatic rings. The molecule has 0 bridgehead atoms. The zero-order valence-electron chi connectivity index (χ0n) is 10.2. The van der Waals surface area contributed by atoms with E-state index in [1.165, 1.54) is 0 Å². The van der Waals surface area contributed by atoms with Crippen LogP contribution in [0.4, 0.5) is 0 Å². The first-order valence-electron chi connectivity index (χ1n) is 5.78. The maximum absolute atomic E-state index is 5.65. The summed E-state index contributed by atoms with van der Waals surface area (Å²) in [6.45, 7) is 2.47. The van der Waals surface area contributed by atoms with Crippen molar-refractivity contribution in [3.63, 3.8) is 0 Å².